The first-order valence-corrected chi connectivity index (χ1v) is 6.13. The van der Waals surface area contributed by atoms with Crippen LogP contribution in [0.5, 0.6) is 0 Å². The molecule has 0 atom stereocenters. The monoisotopic (exact) mass is 260 g/mol. The second kappa shape index (κ2) is 4.23. The molecule has 18 heavy (non-hydrogen) atoms. The normalized spacial score (nSPS) is 10.9. The molecule has 0 unspecified atom stereocenters. The number of Topliss-reactive ketones (excluding diaryl/α,β-unsaturated/α-hetero) is 1. The highest BCUT2D eigenvalue weighted by atomic mass is 32.1. The number of carbonyl (C=O) groups is 1. The topological polar surface area (TPSA) is 65.1 Å². The van der Waals surface area contributed by atoms with E-state index >= 15 is 0 Å². The molecule has 0 aliphatic heterocycles. The molecule has 3 aromatic rings. The predicted octanol–water partition coefficient (Wildman–Crippen LogP) is 1.93. The number of aromatic nitrogens is 2. The first-order chi connectivity index (χ1) is 8.75. The minimum absolute atomic E-state index is 0.0623. The van der Waals surface area contributed by atoms with Gasteiger partial charge in [0.25, 0.3) is 5.56 Å². The summed E-state index contributed by atoms with van der Waals surface area (Å²) in [5.74, 6) is -0.00650. The zero-order valence-electron chi connectivity index (χ0n) is 9.20. The van der Waals surface area contributed by atoms with Gasteiger partial charge in [-0.3, -0.25) is 14.2 Å². The van der Waals surface area contributed by atoms with E-state index in [9.17, 15) is 9.59 Å². The van der Waals surface area contributed by atoms with Gasteiger partial charge < -0.3 is 4.42 Å². The molecule has 0 amide bonds. The Morgan fingerprint density at radius 2 is 2.33 bits per heavy atom. The zero-order valence-corrected chi connectivity index (χ0v) is 10.0. The van der Waals surface area contributed by atoms with Crippen LogP contribution >= 0.6 is 11.3 Å². The smallest absolute Gasteiger partial charge is 0.271 e. The summed E-state index contributed by atoms with van der Waals surface area (Å²) in [5.41, 5.74) is 0.460. The molecule has 0 N–H and O–H groups in total. The number of carbonyl (C=O) groups excluding carboxylic acids is 1. The van der Waals surface area contributed by atoms with Crippen molar-refractivity contribution in [2.75, 3.05) is 0 Å². The fourth-order valence-electron chi connectivity index (χ4n) is 1.66. The lowest BCUT2D eigenvalue weighted by Crippen LogP contribution is -2.23. The van der Waals surface area contributed by atoms with Crippen molar-refractivity contribution in [3.8, 4) is 0 Å². The van der Waals surface area contributed by atoms with Gasteiger partial charge in [-0.15, -0.1) is 11.3 Å². The van der Waals surface area contributed by atoms with Crippen molar-refractivity contribution in [3.63, 3.8) is 0 Å². The summed E-state index contributed by atoms with van der Waals surface area (Å²) in [6.45, 7) is -0.0623. The van der Waals surface area contributed by atoms with Crippen molar-refractivity contribution in [1.82, 2.24) is 9.55 Å². The maximum Gasteiger partial charge on any atom is 0.271 e. The maximum absolute atomic E-state index is 12.0. The third-order valence-corrected chi connectivity index (χ3v) is 3.44. The summed E-state index contributed by atoms with van der Waals surface area (Å²) in [4.78, 5) is 28.0. The predicted molar refractivity (Wildman–Crippen MR) is 66.9 cm³/mol. The molecule has 0 saturated carbocycles. The Bertz CT molecular complexity index is 755. The van der Waals surface area contributed by atoms with E-state index in [-0.39, 0.29) is 23.6 Å². The Balaban J connectivity index is 1.98. The van der Waals surface area contributed by atoms with Crippen molar-refractivity contribution >= 4 is 27.3 Å². The van der Waals surface area contributed by atoms with E-state index in [2.05, 4.69) is 4.98 Å². The van der Waals surface area contributed by atoms with E-state index in [0.717, 1.165) is 0 Å². The van der Waals surface area contributed by atoms with Gasteiger partial charge in [-0.2, -0.15) is 0 Å². The molecule has 90 valence electrons. The van der Waals surface area contributed by atoms with E-state index in [0.29, 0.717) is 10.2 Å². The summed E-state index contributed by atoms with van der Waals surface area (Å²) in [5, 5.41) is 1.80. The maximum atomic E-state index is 12.0. The molecule has 0 aliphatic carbocycles. The van der Waals surface area contributed by atoms with Gasteiger partial charge in [0.2, 0.25) is 5.78 Å². The highest BCUT2D eigenvalue weighted by molar-refractivity contribution is 7.17. The van der Waals surface area contributed by atoms with E-state index in [1.807, 2.05) is 0 Å². The summed E-state index contributed by atoms with van der Waals surface area (Å²) in [6, 6.07) is 4.99. The van der Waals surface area contributed by atoms with Gasteiger partial charge >= 0.3 is 0 Å². The van der Waals surface area contributed by atoms with E-state index in [1.165, 1.54) is 28.5 Å². The van der Waals surface area contributed by atoms with Gasteiger partial charge in [-0.25, -0.2) is 4.98 Å². The van der Waals surface area contributed by atoms with Crippen LogP contribution in [0.25, 0.3) is 10.2 Å². The quantitative estimate of drug-likeness (QED) is 0.675. The van der Waals surface area contributed by atoms with E-state index < -0.39 is 0 Å². The lowest BCUT2D eigenvalue weighted by atomic mass is 10.3. The number of hydrogen-bond donors (Lipinski definition) is 0. The lowest BCUT2D eigenvalue weighted by Gasteiger charge is -2.02. The van der Waals surface area contributed by atoms with Crippen LogP contribution in [0.15, 0.2) is 45.4 Å². The van der Waals surface area contributed by atoms with Crippen LogP contribution in [0.4, 0.5) is 0 Å². The highest BCUT2D eigenvalue weighted by Crippen LogP contribution is 2.13. The molecule has 6 heteroatoms. The standard InChI is InChI=1S/C12H8N2O3S/c15-9(10-2-1-4-17-10)6-14-7-13-8-3-5-18-11(8)12(14)16/h1-5,7H,6H2. The molecule has 3 rings (SSSR count). The second-order valence-electron chi connectivity index (χ2n) is 3.71. The number of thiophene rings is 1. The van der Waals surface area contributed by atoms with Crippen LogP contribution in [0.3, 0.4) is 0 Å². The third kappa shape index (κ3) is 1.76. The average Bonchev–Trinajstić information content (AvgIpc) is 3.02. The van der Waals surface area contributed by atoms with E-state index in [4.69, 9.17) is 4.42 Å². The Morgan fingerprint density at radius 1 is 1.44 bits per heavy atom. The Labute approximate surface area is 105 Å². The van der Waals surface area contributed by atoms with Crippen molar-refractivity contribution in [1.29, 1.82) is 0 Å². The van der Waals surface area contributed by atoms with Crippen LogP contribution in [0.1, 0.15) is 10.6 Å². The average molecular weight is 260 g/mol. The van der Waals surface area contributed by atoms with Crippen LogP contribution in [0.2, 0.25) is 0 Å². The van der Waals surface area contributed by atoms with Crippen LogP contribution < -0.4 is 5.56 Å². The summed E-state index contributed by atoms with van der Waals surface area (Å²) < 4.78 is 6.85. The van der Waals surface area contributed by atoms with Crippen LogP contribution in [-0.2, 0) is 6.54 Å². The number of hydrogen-bond acceptors (Lipinski definition) is 5. The molecule has 0 aromatic carbocycles. The van der Waals surface area contributed by atoms with Gasteiger partial charge in [-0.05, 0) is 23.6 Å². The molecule has 5 nitrogen and oxygen atoms in total. The van der Waals surface area contributed by atoms with E-state index in [1.54, 1.807) is 23.6 Å². The Kier molecular flexibility index (Phi) is 2.56. The largest absolute Gasteiger partial charge is 0.461 e. The van der Waals surface area contributed by atoms with Crippen LogP contribution in [0, 0.1) is 0 Å². The Hall–Kier alpha value is -2.21. The van der Waals surface area contributed by atoms with Gasteiger partial charge in [0.15, 0.2) is 5.76 Å². The summed E-state index contributed by atoms with van der Waals surface area (Å²) >= 11 is 1.32. The number of ketones is 1. The van der Waals surface area contributed by atoms with Crippen molar-refractivity contribution in [2.24, 2.45) is 0 Å². The van der Waals surface area contributed by atoms with Gasteiger partial charge in [0.05, 0.1) is 24.7 Å². The van der Waals surface area contributed by atoms with Gasteiger partial charge in [0, 0.05) is 0 Å². The molecule has 0 bridgehead atoms. The zero-order chi connectivity index (χ0) is 12.5. The molecule has 3 aromatic heterocycles. The number of fused-ring (bicyclic) bond motifs is 1. The molecule has 0 fully saturated rings. The van der Waals surface area contributed by atoms with Crippen LogP contribution in [-0.4, -0.2) is 15.3 Å². The fourth-order valence-corrected chi connectivity index (χ4v) is 2.45. The molecule has 0 spiro atoms. The first kappa shape index (κ1) is 10.9. The van der Waals surface area contributed by atoms with Gasteiger partial charge in [-0.1, -0.05) is 0 Å². The highest BCUT2D eigenvalue weighted by Gasteiger charge is 2.12. The molecule has 0 radical (unpaired) electrons. The van der Waals surface area contributed by atoms with Gasteiger partial charge in [0.1, 0.15) is 4.70 Å². The minimum atomic E-state index is -0.250. The minimum Gasteiger partial charge on any atom is -0.461 e. The molecule has 3 heterocycles. The van der Waals surface area contributed by atoms with Crippen molar-refractivity contribution in [2.45, 2.75) is 6.54 Å². The SMILES string of the molecule is O=C(Cn1cnc2ccsc2c1=O)c1ccco1. The first-order valence-electron chi connectivity index (χ1n) is 5.25. The number of nitrogens with zero attached hydrogens (tertiary/aromatic N) is 2. The van der Waals surface area contributed by atoms with Crippen molar-refractivity contribution < 1.29 is 9.21 Å². The summed E-state index contributed by atoms with van der Waals surface area (Å²) in [6.07, 6.45) is 2.81. The molecular weight excluding hydrogens is 252 g/mol. The molecule has 0 saturated heterocycles. The molecule has 0 aliphatic rings. The number of furan rings is 1. The molecular formula is C12H8N2O3S. The Morgan fingerprint density at radius 3 is 3.11 bits per heavy atom. The fraction of sp³-hybridized carbons (Fsp3) is 0.0833. The summed E-state index contributed by atoms with van der Waals surface area (Å²) in [7, 11) is 0. The second-order valence-corrected chi connectivity index (χ2v) is 4.63. The lowest BCUT2D eigenvalue weighted by molar-refractivity contribution is 0.0943. The number of rotatable bonds is 3. The third-order valence-electron chi connectivity index (χ3n) is 2.55. The van der Waals surface area contributed by atoms with Crippen molar-refractivity contribution in [3.05, 3.63) is 52.3 Å².